The number of ether oxygens (including phenoxy) is 1. The average molecular weight is 212 g/mol. The maximum Gasteiger partial charge on any atom is 0.126 e. The predicted octanol–water partition coefficient (Wildman–Crippen LogP) is 4.27. The van der Waals surface area contributed by atoms with Gasteiger partial charge in [0.2, 0.25) is 0 Å². The van der Waals surface area contributed by atoms with Gasteiger partial charge in [-0.1, -0.05) is 49.4 Å². The molecule has 0 amide bonds. The Bertz CT molecular complexity index is 512. The van der Waals surface area contributed by atoms with Crippen molar-refractivity contribution in [2.45, 2.75) is 13.3 Å². The van der Waals surface area contributed by atoms with Gasteiger partial charge in [-0.3, -0.25) is 0 Å². The Kier molecular flexibility index (Phi) is 3.25. The van der Waals surface area contributed by atoms with Crippen molar-refractivity contribution in [1.29, 1.82) is 0 Å². The molecule has 0 fully saturated rings. The van der Waals surface area contributed by atoms with E-state index >= 15 is 0 Å². The van der Waals surface area contributed by atoms with Crippen LogP contribution in [-0.2, 0) is 0 Å². The fraction of sp³-hybridized carbons (Fsp3) is 0.200. The van der Waals surface area contributed by atoms with Crippen LogP contribution >= 0.6 is 0 Å². The summed E-state index contributed by atoms with van der Waals surface area (Å²) >= 11 is 0. The first-order valence-electron chi connectivity index (χ1n) is 5.59. The number of hydrogen-bond donors (Lipinski definition) is 0. The molecule has 2 aromatic rings. The van der Waals surface area contributed by atoms with E-state index in [1.165, 1.54) is 16.3 Å². The molecule has 1 nitrogen and oxygen atoms in total. The fourth-order valence-corrected chi connectivity index (χ4v) is 1.86. The third-order valence-corrected chi connectivity index (χ3v) is 2.67. The van der Waals surface area contributed by atoms with Crippen molar-refractivity contribution in [2.75, 3.05) is 7.11 Å². The molecule has 16 heavy (non-hydrogen) atoms. The lowest BCUT2D eigenvalue weighted by Gasteiger charge is -2.08. The highest BCUT2D eigenvalue weighted by Gasteiger charge is 2.04. The summed E-state index contributed by atoms with van der Waals surface area (Å²) < 4.78 is 5.40. The molecule has 0 atom stereocenters. The molecule has 2 rings (SSSR count). The van der Waals surface area contributed by atoms with Crippen LogP contribution in [-0.4, -0.2) is 7.11 Å². The monoisotopic (exact) mass is 212 g/mol. The van der Waals surface area contributed by atoms with Crippen LogP contribution in [0.25, 0.3) is 16.8 Å². The fourth-order valence-electron chi connectivity index (χ4n) is 1.86. The highest BCUT2D eigenvalue weighted by molar-refractivity contribution is 5.93. The SMILES string of the molecule is CC/C=C/c1c(OC)ccc2ccccc12. The Morgan fingerprint density at radius 2 is 1.94 bits per heavy atom. The third kappa shape index (κ3) is 1.94. The maximum absolute atomic E-state index is 5.40. The van der Waals surface area contributed by atoms with E-state index in [4.69, 9.17) is 4.74 Å². The van der Waals surface area contributed by atoms with Crippen molar-refractivity contribution in [3.63, 3.8) is 0 Å². The molecule has 2 aromatic carbocycles. The summed E-state index contributed by atoms with van der Waals surface area (Å²) in [5.41, 5.74) is 1.17. The molecule has 0 heterocycles. The van der Waals surface area contributed by atoms with Gasteiger partial charge >= 0.3 is 0 Å². The first-order chi connectivity index (χ1) is 7.86. The molecule has 0 radical (unpaired) electrons. The topological polar surface area (TPSA) is 9.23 Å². The normalized spacial score (nSPS) is 11.1. The lowest BCUT2D eigenvalue weighted by atomic mass is 10.0. The Hall–Kier alpha value is -1.76. The minimum Gasteiger partial charge on any atom is -0.496 e. The van der Waals surface area contributed by atoms with Crippen molar-refractivity contribution in [2.24, 2.45) is 0 Å². The van der Waals surface area contributed by atoms with E-state index in [-0.39, 0.29) is 0 Å². The lowest BCUT2D eigenvalue weighted by Crippen LogP contribution is -1.88. The standard InChI is InChI=1S/C15H16O/c1-3-4-8-14-13-9-6-5-7-12(13)10-11-15(14)16-2/h4-11H,3H2,1-2H3/b8-4+. The number of hydrogen-bond acceptors (Lipinski definition) is 1. The molecule has 82 valence electrons. The van der Waals surface area contributed by atoms with Gasteiger partial charge in [0.25, 0.3) is 0 Å². The second-order valence-electron chi connectivity index (χ2n) is 3.71. The van der Waals surface area contributed by atoms with E-state index in [1.54, 1.807) is 7.11 Å². The van der Waals surface area contributed by atoms with Crippen molar-refractivity contribution in [3.8, 4) is 5.75 Å². The highest BCUT2D eigenvalue weighted by atomic mass is 16.5. The van der Waals surface area contributed by atoms with Crippen molar-refractivity contribution >= 4 is 16.8 Å². The van der Waals surface area contributed by atoms with E-state index in [1.807, 2.05) is 6.07 Å². The molecule has 0 saturated carbocycles. The zero-order chi connectivity index (χ0) is 11.4. The number of allylic oxidation sites excluding steroid dienone is 1. The van der Waals surface area contributed by atoms with Crippen LogP contribution in [0.3, 0.4) is 0 Å². The summed E-state index contributed by atoms with van der Waals surface area (Å²) in [6.07, 6.45) is 5.33. The van der Waals surface area contributed by atoms with Gasteiger partial charge in [0, 0.05) is 5.56 Å². The second kappa shape index (κ2) is 4.84. The summed E-state index contributed by atoms with van der Waals surface area (Å²) in [4.78, 5) is 0. The van der Waals surface area contributed by atoms with Crippen LogP contribution in [0.4, 0.5) is 0 Å². The van der Waals surface area contributed by atoms with Crippen LogP contribution in [0.1, 0.15) is 18.9 Å². The maximum atomic E-state index is 5.40. The Morgan fingerprint density at radius 1 is 1.12 bits per heavy atom. The van der Waals surface area contributed by atoms with Crippen molar-refractivity contribution in [3.05, 3.63) is 48.0 Å². The molecular weight excluding hydrogens is 196 g/mol. The Morgan fingerprint density at radius 3 is 2.69 bits per heavy atom. The van der Waals surface area contributed by atoms with Gasteiger partial charge in [-0.15, -0.1) is 0 Å². The van der Waals surface area contributed by atoms with Gasteiger partial charge in [-0.25, -0.2) is 0 Å². The number of rotatable bonds is 3. The molecule has 0 aliphatic heterocycles. The van der Waals surface area contributed by atoms with Crippen molar-refractivity contribution < 1.29 is 4.74 Å². The highest BCUT2D eigenvalue weighted by Crippen LogP contribution is 2.29. The Labute approximate surface area is 96.4 Å². The minimum absolute atomic E-state index is 0.934. The third-order valence-electron chi connectivity index (χ3n) is 2.67. The van der Waals surface area contributed by atoms with Crippen LogP contribution in [0.5, 0.6) is 5.75 Å². The number of fused-ring (bicyclic) bond motifs is 1. The molecule has 0 aliphatic carbocycles. The molecule has 0 N–H and O–H groups in total. The van der Waals surface area contributed by atoms with E-state index in [2.05, 4.69) is 49.4 Å². The summed E-state index contributed by atoms with van der Waals surface area (Å²) in [7, 11) is 1.72. The van der Waals surface area contributed by atoms with Gasteiger partial charge in [0.1, 0.15) is 5.75 Å². The summed E-state index contributed by atoms with van der Waals surface area (Å²) in [5, 5.41) is 2.49. The molecule has 0 spiro atoms. The van der Waals surface area contributed by atoms with E-state index in [0.717, 1.165) is 12.2 Å². The lowest BCUT2D eigenvalue weighted by molar-refractivity contribution is 0.414. The smallest absolute Gasteiger partial charge is 0.126 e. The van der Waals surface area contributed by atoms with Crippen molar-refractivity contribution in [1.82, 2.24) is 0 Å². The number of benzene rings is 2. The summed E-state index contributed by atoms with van der Waals surface area (Å²) in [6, 6.07) is 12.5. The van der Waals surface area contributed by atoms with Crippen LogP contribution in [0, 0.1) is 0 Å². The van der Waals surface area contributed by atoms with Gasteiger partial charge < -0.3 is 4.74 Å². The first-order valence-corrected chi connectivity index (χ1v) is 5.59. The minimum atomic E-state index is 0.934. The molecule has 1 heteroatoms. The van der Waals surface area contributed by atoms with E-state index < -0.39 is 0 Å². The quantitative estimate of drug-likeness (QED) is 0.738. The molecule has 0 unspecified atom stereocenters. The average Bonchev–Trinajstić information content (AvgIpc) is 2.35. The molecule has 0 aromatic heterocycles. The van der Waals surface area contributed by atoms with Crippen LogP contribution < -0.4 is 4.74 Å². The molecule has 0 saturated heterocycles. The van der Waals surface area contributed by atoms with Crippen LogP contribution in [0.15, 0.2) is 42.5 Å². The van der Waals surface area contributed by atoms with Gasteiger partial charge in [-0.05, 0) is 23.3 Å². The molecule has 0 aliphatic rings. The Balaban J connectivity index is 2.68. The van der Waals surface area contributed by atoms with E-state index in [9.17, 15) is 0 Å². The zero-order valence-electron chi connectivity index (χ0n) is 9.73. The van der Waals surface area contributed by atoms with Crippen LogP contribution in [0.2, 0.25) is 0 Å². The van der Waals surface area contributed by atoms with E-state index in [0.29, 0.717) is 0 Å². The van der Waals surface area contributed by atoms with Gasteiger partial charge in [0.15, 0.2) is 0 Å². The molecule has 0 bridgehead atoms. The number of methoxy groups -OCH3 is 1. The summed E-state index contributed by atoms with van der Waals surface area (Å²) in [5.74, 6) is 0.934. The van der Waals surface area contributed by atoms with Gasteiger partial charge in [0.05, 0.1) is 7.11 Å². The second-order valence-corrected chi connectivity index (χ2v) is 3.71. The first kappa shape index (κ1) is 10.7. The largest absolute Gasteiger partial charge is 0.496 e. The summed E-state index contributed by atoms with van der Waals surface area (Å²) in [6.45, 7) is 2.13. The zero-order valence-corrected chi connectivity index (χ0v) is 9.73. The molecular formula is C15H16O. The predicted molar refractivity (Wildman–Crippen MR) is 69.8 cm³/mol. The van der Waals surface area contributed by atoms with Gasteiger partial charge in [-0.2, -0.15) is 0 Å².